The Labute approximate surface area is 103 Å². The van der Waals surface area contributed by atoms with Crippen molar-refractivity contribution in [3.63, 3.8) is 0 Å². The van der Waals surface area contributed by atoms with Gasteiger partial charge in [-0.3, -0.25) is 0 Å². The van der Waals surface area contributed by atoms with Crippen molar-refractivity contribution >= 4 is 17.3 Å². The molecular formula is C13H21ClN2. The average molecular weight is 241 g/mol. The third-order valence-electron chi connectivity index (χ3n) is 3.01. The van der Waals surface area contributed by atoms with E-state index in [1.54, 1.807) is 0 Å². The van der Waals surface area contributed by atoms with Crippen LogP contribution in [0.3, 0.4) is 0 Å². The first-order valence-electron chi connectivity index (χ1n) is 5.81. The van der Waals surface area contributed by atoms with Crippen LogP contribution in [0.15, 0.2) is 18.2 Å². The van der Waals surface area contributed by atoms with E-state index in [1.807, 2.05) is 12.1 Å². The molecule has 1 aromatic rings. The SMILES string of the molecule is CCCC(C)N(C)c1ccc(Cl)cc1CN. The number of rotatable bonds is 5. The van der Waals surface area contributed by atoms with Gasteiger partial charge in [-0.25, -0.2) is 0 Å². The van der Waals surface area contributed by atoms with Crippen LogP contribution < -0.4 is 10.6 Å². The van der Waals surface area contributed by atoms with Crippen LogP contribution in [-0.4, -0.2) is 13.1 Å². The minimum atomic E-state index is 0.525. The topological polar surface area (TPSA) is 29.3 Å². The van der Waals surface area contributed by atoms with Gasteiger partial charge in [-0.15, -0.1) is 0 Å². The summed E-state index contributed by atoms with van der Waals surface area (Å²) in [7, 11) is 2.11. The fourth-order valence-electron chi connectivity index (χ4n) is 1.91. The van der Waals surface area contributed by atoms with E-state index in [4.69, 9.17) is 17.3 Å². The predicted molar refractivity (Wildman–Crippen MR) is 72.1 cm³/mol. The van der Waals surface area contributed by atoms with Crippen molar-refractivity contribution < 1.29 is 0 Å². The molecule has 0 bridgehead atoms. The van der Waals surface area contributed by atoms with Gasteiger partial charge in [-0.1, -0.05) is 24.9 Å². The molecular weight excluding hydrogens is 220 g/mol. The summed E-state index contributed by atoms with van der Waals surface area (Å²) < 4.78 is 0. The maximum Gasteiger partial charge on any atom is 0.0412 e. The molecule has 0 saturated heterocycles. The summed E-state index contributed by atoms with van der Waals surface area (Å²) in [5.74, 6) is 0. The summed E-state index contributed by atoms with van der Waals surface area (Å²) in [4.78, 5) is 2.28. The van der Waals surface area contributed by atoms with Gasteiger partial charge < -0.3 is 10.6 Å². The van der Waals surface area contributed by atoms with Crippen LogP contribution in [0.5, 0.6) is 0 Å². The zero-order valence-corrected chi connectivity index (χ0v) is 11.1. The van der Waals surface area contributed by atoms with Gasteiger partial charge >= 0.3 is 0 Å². The van der Waals surface area contributed by atoms with E-state index < -0.39 is 0 Å². The zero-order valence-electron chi connectivity index (χ0n) is 10.3. The molecule has 0 aliphatic carbocycles. The molecule has 1 atom stereocenters. The molecule has 90 valence electrons. The highest BCUT2D eigenvalue weighted by molar-refractivity contribution is 6.30. The van der Waals surface area contributed by atoms with E-state index in [0.29, 0.717) is 12.6 Å². The van der Waals surface area contributed by atoms with Gasteiger partial charge in [0.2, 0.25) is 0 Å². The monoisotopic (exact) mass is 240 g/mol. The summed E-state index contributed by atoms with van der Waals surface area (Å²) >= 11 is 5.97. The van der Waals surface area contributed by atoms with Crippen molar-refractivity contribution in [1.29, 1.82) is 0 Å². The summed E-state index contributed by atoms with van der Waals surface area (Å²) in [6, 6.07) is 6.45. The highest BCUT2D eigenvalue weighted by Gasteiger charge is 2.12. The lowest BCUT2D eigenvalue weighted by Crippen LogP contribution is -2.29. The van der Waals surface area contributed by atoms with Gasteiger partial charge in [-0.2, -0.15) is 0 Å². The Bertz CT molecular complexity index is 339. The molecule has 0 radical (unpaired) electrons. The smallest absolute Gasteiger partial charge is 0.0412 e. The Morgan fingerprint density at radius 2 is 2.12 bits per heavy atom. The van der Waals surface area contributed by atoms with Crippen LogP contribution >= 0.6 is 11.6 Å². The molecule has 2 nitrogen and oxygen atoms in total. The second-order valence-electron chi connectivity index (χ2n) is 4.23. The van der Waals surface area contributed by atoms with Gasteiger partial charge in [-0.05, 0) is 37.1 Å². The second-order valence-corrected chi connectivity index (χ2v) is 4.66. The summed E-state index contributed by atoms with van der Waals surface area (Å²) in [6.07, 6.45) is 2.38. The lowest BCUT2D eigenvalue weighted by Gasteiger charge is -2.28. The average Bonchev–Trinajstić information content (AvgIpc) is 2.28. The molecule has 0 spiro atoms. The van der Waals surface area contributed by atoms with Gasteiger partial charge in [0.05, 0.1) is 0 Å². The van der Waals surface area contributed by atoms with E-state index in [1.165, 1.54) is 18.5 Å². The van der Waals surface area contributed by atoms with Crippen molar-refractivity contribution in [3.8, 4) is 0 Å². The van der Waals surface area contributed by atoms with Crippen LogP contribution in [0.2, 0.25) is 5.02 Å². The molecule has 0 aliphatic rings. The fourth-order valence-corrected chi connectivity index (χ4v) is 2.11. The number of hydrogen-bond donors (Lipinski definition) is 1. The molecule has 0 heterocycles. The maximum absolute atomic E-state index is 5.97. The normalized spacial score (nSPS) is 12.6. The van der Waals surface area contributed by atoms with E-state index in [-0.39, 0.29) is 0 Å². The Morgan fingerprint density at radius 3 is 2.69 bits per heavy atom. The van der Waals surface area contributed by atoms with E-state index in [9.17, 15) is 0 Å². The molecule has 0 fully saturated rings. The molecule has 1 aromatic carbocycles. The number of halogens is 1. The standard InChI is InChI=1S/C13H21ClN2/c1-4-5-10(2)16(3)13-7-6-12(14)8-11(13)9-15/h6-8,10H,4-5,9,15H2,1-3H3. The lowest BCUT2D eigenvalue weighted by atomic mass is 10.1. The third-order valence-corrected chi connectivity index (χ3v) is 3.24. The van der Waals surface area contributed by atoms with Crippen molar-refractivity contribution in [2.45, 2.75) is 39.3 Å². The van der Waals surface area contributed by atoms with Crippen LogP contribution in [-0.2, 0) is 6.54 Å². The first-order chi connectivity index (χ1) is 7.60. The van der Waals surface area contributed by atoms with Gasteiger partial charge in [0, 0.05) is 30.3 Å². The molecule has 16 heavy (non-hydrogen) atoms. The van der Waals surface area contributed by atoms with E-state index in [0.717, 1.165) is 10.6 Å². The first kappa shape index (κ1) is 13.3. The van der Waals surface area contributed by atoms with Crippen molar-refractivity contribution in [3.05, 3.63) is 28.8 Å². The minimum absolute atomic E-state index is 0.525. The first-order valence-corrected chi connectivity index (χ1v) is 6.19. The van der Waals surface area contributed by atoms with Gasteiger partial charge in [0.1, 0.15) is 0 Å². The van der Waals surface area contributed by atoms with Crippen molar-refractivity contribution in [2.24, 2.45) is 5.73 Å². The van der Waals surface area contributed by atoms with Gasteiger partial charge in [0.15, 0.2) is 0 Å². The Balaban J connectivity index is 2.93. The maximum atomic E-state index is 5.97. The van der Waals surface area contributed by atoms with Crippen molar-refractivity contribution in [2.75, 3.05) is 11.9 Å². The Hall–Kier alpha value is -0.730. The minimum Gasteiger partial charge on any atom is -0.372 e. The zero-order chi connectivity index (χ0) is 12.1. The summed E-state index contributed by atoms with van der Waals surface area (Å²) in [5, 5.41) is 0.751. The molecule has 2 N–H and O–H groups in total. The molecule has 3 heteroatoms. The molecule has 1 rings (SSSR count). The van der Waals surface area contributed by atoms with Crippen LogP contribution in [0.25, 0.3) is 0 Å². The number of benzene rings is 1. The van der Waals surface area contributed by atoms with E-state index >= 15 is 0 Å². The largest absolute Gasteiger partial charge is 0.372 e. The van der Waals surface area contributed by atoms with Gasteiger partial charge in [0.25, 0.3) is 0 Å². The highest BCUT2D eigenvalue weighted by Crippen LogP contribution is 2.25. The molecule has 1 unspecified atom stereocenters. The second kappa shape index (κ2) is 6.12. The number of hydrogen-bond acceptors (Lipinski definition) is 2. The Kier molecular flexibility index (Phi) is 5.10. The number of anilines is 1. The summed E-state index contributed by atoms with van der Waals surface area (Å²) in [6.45, 7) is 4.97. The van der Waals surface area contributed by atoms with Crippen LogP contribution in [0.1, 0.15) is 32.3 Å². The lowest BCUT2D eigenvalue weighted by molar-refractivity contribution is 0.614. The third kappa shape index (κ3) is 3.13. The quantitative estimate of drug-likeness (QED) is 0.855. The van der Waals surface area contributed by atoms with Crippen LogP contribution in [0, 0.1) is 0 Å². The fraction of sp³-hybridized carbons (Fsp3) is 0.538. The molecule has 0 saturated carbocycles. The molecule has 0 aliphatic heterocycles. The highest BCUT2D eigenvalue weighted by atomic mass is 35.5. The van der Waals surface area contributed by atoms with Crippen molar-refractivity contribution in [1.82, 2.24) is 0 Å². The summed E-state index contributed by atoms with van der Waals surface area (Å²) in [5.41, 5.74) is 8.04. The number of nitrogens with zero attached hydrogens (tertiary/aromatic N) is 1. The Morgan fingerprint density at radius 1 is 1.44 bits per heavy atom. The predicted octanol–water partition coefficient (Wildman–Crippen LogP) is 3.42. The van der Waals surface area contributed by atoms with E-state index in [2.05, 4.69) is 31.9 Å². The number of nitrogens with two attached hydrogens (primary N) is 1. The van der Waals surface area contributed by atoms with Crippen LogP contribution in [0.4, 0.5) is 5.69 Å². The molecule has 0 amide bonds. The molecule has 0 aromatic heterocycles.